The molecule has 1 amide bonds. The van der Waals surface area contributed by atoms with E-state index in [1.807, 2.05) is 11.8 Å². The molecule has 0 spiro atoms. The Labute approximate surface area is 177 Å². The highest BCUT2D eigenvalue weighted by atomic mass is 32.2. The monoisotopic (exact) mass is 442 g/mol. The predicted octanol–water partition coefficient (Wildman–Crippen LogP) is 2.51. The summed E-state index contributed by atoms with van der Waals surface area (Å²) < 4.78 is 38.7. The van der Waals surface area contributed by atoms with Gasteiger partial charge in [0.05, 0.1) is 30.8 Å². The number of nitrogens with zero attached hydrogens (tertiary/aromatic N) is 1. The van der Waals surface area contributed by atoms with Crippen LogP contribution < -0.4 is 9.46 Å². The largest absolute Gasteiger partial charge is 0.496 e. The molecular weight excluding hydrogens is 412 g/mol. The molecule has 0 radical (unpaired) electrons. The summed E-state index contributed by atoms with van der Waals surface area (Å²) in [4.78, 5) is 14.6. The van der Waals surface area contributed by atoms with Crippen molar-refractivity contribution in [2.24, 2.45) is 0 Å². The number of morpholine rings is 1. The number of methoxy groups -OCH3 is 1. The molecule has 9 heteroatoms. The lowest BCUT2D eigenvalue weighted by Gasteiger charge is -2.27. The molecule has 1 aromatic carbocycles. The Morgan fingerprint density at radius 1 is 1.24 bits per heavy atom. The summed E-state index contributed by atoms with van der Waals surface area (Å²) in [5.74, 6) is 0.878. The summed E-state index contributed by atoms with van der Waals surface area (Å²) >= 11 is 1.85. The van der Waals surface area contributed by atoms with E-state index in [-0.39, 0.29) is 16.4 Å². The third kappa shape index (κ3) is 6.10. The lowest BCUT2D eigenvalue weighted by atomic mass is 10.0. The summed E-state index contributed by atoms with van der Waals surface area (Å²) in [5.41, 5.74) is 0.258. The van der Waals surface area contributed by atoms with Gasteiger partial charge in [0.15, 0.2) is 0 Å². The van der Waals surface area contributed by atoms with Gasteiger partial charge in [-0.3, -0.25) is 4.79 Å². The molecule has 0 aromatic heterocycles. The van der Waals surface area contributed by atoms with Crippen LogP contribution in [0.4, 0.5) is 0 Å². The predicted molar refractivity (Wildman–Crippen MR) is 114 cm³/mol. The molecule has 3 rings (SSSR count). The molecule has 1 saturated heterocycles. The van der Waals surface area contributed by atoms with E-state index in [0.717, 1.165) is 5.75 Å². The SMILES string of the molecule is COc1ccc(S(=O)(=O)NCCSC2CCCCC2)cc1C(=O)N1CCOCC1. The van der Waals surface area contributed by atoms with Crippen molar-refractivity contribution in [1.29, 1.82) is 0 Å². The van der Waals surface area contributed by atoms with E-state index < -0.39 is 10.0 Å². The Bertz CT molecular complexity index is 788. The minimum Gasteiger partial charge on any atom is -0.496 e. The molecule has 7 nitrogen and oxygen atoms in total. The highest BCUT2D eigenvalue weighted by molar-refractivity contribution is 8.00. The maximum Gasteiger partial charge on any atom is 0.257 e. The van der Waals surface area contributed by atoms with Gasteiger partial charge in [-0.25, -0.2) is 13.1 Å². The maximum atomic E-state index is 12.9. The average molecular weight is 443 g/mol. The van der Waals surface area contributed by atoms with Crippen molar-refractivity contribution in [3.8, 4) is 5.75 Å². The van der Waals surface area contributed by atoms with E-state index in [1.165, 1.54) is 51.3 Å². The van der Waals surface area contributed by atoms with E-state index in [0.29, 0.717) is 43.8 Å². The van der Waals surface area contributed by atoms with Crippen molar-refractivity contribution in [1.82, 2.24) is 9.62 Å². The summed E-state index contributed by atoms with van der Waals surface area (Å²) in [5, 5.41) is 0.645. The fourth-order valence-corrected chi connectivity index (χ4v) is 6.08. The number of amides is 1. The van der Waals surface area contributed by atoms with Crippen LogP contribution in [-0.2, 0) is 14.8 Å². The smallest absolute Gasteiger partial charge is 0.257 e. The number of hydrogen-bond acceptors (Lipinski definition) is 6. The van der Waals surface area contributed by atoms with E-state index in [9.17, 15) is 13.2 Å². The minimum atomic E-state index is -3.69. The van der Waals surface area contributed by atoms with Crippen molar-refractivity contribution in [3.63, 3.8) is 0 Å². The van der Waals surface area contributed by atoms with Crippen LogP contribution in [0.3, 0.4) is 0 Å². The van der Waals surface area contributed by atoms with Crippen molar-refractivity contribution in [2.75, 3.05) is 45.7 Å². The third-order valence-corrected chi connectivity index (χ3v) is 8.15. The number of sulfonamides is 1. The van der Waals surface area contributed by atoms with Gasteiger partial charge in [0.2, 0.25) is 10.0 Å². The summed E-state index contributed by atoms with van der Waals surface area (Å²) in [6, 6.07) is 4.43. The van der Waals surface area contributed by atoms with Gasteiger partial charge in [-0.05, 0) is 31.0 Å². The van der Waals surface area contributed by atoms with Crippen molar-refractivity contribution < 1.29 is 22.7 Å². The Hall–Kier alpha value is -1.29. The van der Waals surface area contributed by atoms with Crippen LogP contribution >= 0.6 is 11.8 Å². The normalized spacial score (nSPS) is 18.6. The van der Waals surface area contributed by atoms with Crippen LogP contribution in [0.2, 0.25) is 0 Å². The molecule has 2 aliphatic rings. The van der Waals surface area contributed by atoms with Crippen LogP contribution in [0.1, 0.15) is 42.5 Å². The number of nitrogens with one attached hydrogen (secondary N) is 1. The maximum absolute atomic E-state index is 12.9. The van der Waals surface area contributed by atoms with Crippen LogP contribution in [0.25, 0.3) is 0 Å². The van der Waals surface area contributed by atoms with Crippen molar-refractivity contribution in [2.45, 2.75) is 42.2 Å². The van der Waals surface area contributed by atoms with E-state index in [1.54, 1.807) is 11.0 Å². The number of rotatable bonds is 8. The highest BCUT2D eigenvalue weighted by Gasteiger charge is 2.24. The zero-order valence-corrected chi connectivity index (χ0v) is 18.5. The quantitative estimate of drug-likeness (QED) is 0.623. The molecule has 0 atom stereocenters. The van der Waals surface area contributed by atoms with E-state index >= 15 is 0 Å². The first-order valence-corrected chi connectivity index (χ1v) is 12.7. The van der Waals surface area contributed by atoms with E-state index in [2.05, 4.69) is 4.72 Å². The number of thioether (sulfide) groups is 1. The molecule has 1 aliphatic carbocycles. The fourth-order valence-electron chi connectivity index (χ4n) is 3.67. The number of carbonyl (C=O) groups is 1. The van der Waals surface area contributed by atoms with Gasteiger partial charge in [0.1, 0.15) is 5.75 Å². The third-order valence-electron chi connectivity index (χ3n) is 5.31. The van der Waals surface area contributed by atoms with Gasteiger partial charge in [0.25, 0.3) is 5.91 Å². The fraction of sp³-hybridized carbons (Fsp3) is 0.650. The van der Waals surface area contributed by atoms with E-state index in [4.69, 9.17) is 9.47 Å². The molecule has 29 heavy (non-hydrogen) atoms. The van der Waals surface area contributed by atoms with Crippen molar-refractivity contribution in [3.05, 3.63) is 23.8 Å². The van der Waals surface area contributed by atoms with Gasteiger partial charge in [-0.15, -0.1) is 0 Å². The van der Waals surface area contributed by atoms with Gasteiger partial charge in [0, 0.05) is 30.6 Å². The lowest BCUT2D eigenvalue weighted by Crippen LogP contribution is -2.40. The van der Waals surface area contributed by atoms with Gasteiger partial charge in [-0.2, -0.15) is 11.8 Å². The van der Waals surface area contributed by atoms with Crippen molar-refractivity contribution >= 4 is 27.7 Å². The summed E-state index contributed by atoms with van der Waals surface area (Å²) in [6.45, 7) is 2.30. The number of benzene rings is 1. The Kier molecular flexibility index (Phi) is 8.23. The first-order valence-electron chi connectivity index (χ1n) is 10.2. The zero-order chi connectivity index (χ0) is 20.7. The molecule has 1 aromatic rings. The number of ether oxygens (including phenoxy) is 2. The summed E-state index contributed by atoms with van der Waals surface area (Å²) in [6.07, 6.45) is 6.31. The molecule has 2 fully saturated rings. The lowest BCUT2D eigenvalue weighted by molar-refractivity contribution is 0.0300. The van der Waals surface area contributed by atoms with Gasteiger partial charge >= 0.3 is 0 Å². The molecule has 162 valence electrons. The van der Waals surface area contributed by atoms with Gasteiger partial charge < -0.3 is 14.4 Å². The molecule has 1 N–H and O–H groups in total. The molecule has 1 aliphatic heterocycles. The van der Waals surface area contributed by atoms with Gasteiger partial charge in [-0.1, -0.05) is 19.3 Å². The standard InChI is InChI=1S/C20H30N2O5S2/c1-26-19-8-7-17(15-18(19)20(23)22-10-12-27-13-11-22)29(24,25)21-9-14-28-16-5-3-2-4-6-16/h7-8,15-16,21H,2-6,9-14H2,1H3. The number of hydrogen-bond donors (Lipinski definition) is 1. The zero-order valence-electron chi connectivity index (χ0n) is 16.9. The van der Waals surface area contributed by atoms with Crippen LogP contribution in [0, 0.1) is 0 Å². The Morgan fingerprint density at radius 2 is 1.97 bits per heavy atom. The number of carbonyl (C=O) groups excluding carboxylic acids is 1. The van der Waals surface area contributed by atoms with Crippen LogP contribution in [-0.4, -0.2) is 70.2 Å². The molecular formula is C20H30N2O5S2. The first-order chi connectivity index (χ1) is 14.0. The molecule has 1 saturated carbocycles. The van der Waals surface area contributed by atoms with Crippen LogP contribution in [0.15, 0.2) is 23.1 Å². The second-order valence-electron chi connectivity index (χ2n) is 7.30. The second kappa shape index (κ2) is 10.7. The average Bonchev–Trinajstić information content (AvgIpc) is 2.77. The highest BCUT2D eigenvalue weighted by Crippen LogP contribution is 2.28. The summed E-state index contributed by atoms with van der Waals surface area (Å²) in [7, 11) is -2.22. The topological polar surface area (TPSA) is 84.9 Å². The first kappa shape index (κ1) is 22.4. The Balaban J connectivity index is 1.64. The van der Waals surface area contributed by atoms with Crippen LogP contribution in [0.5, 0.6) is 5.75 Å². The molecule has 0 unspecified atom stereocenters. The second-order valence-corrected chi connectivity index (χ2v) is 10.5. The Morgan fingerprint density at radius 3 is 2.66 bits per heavy atom. The molecule has 0 bridgehead atoms. The minimum absolute atomic E-state index is 0.0811. The molecule has 1 heterocycles.